The molecule has 31 heavy (non-hydrogen) atoms. The third kappa shape index (κ3) is 3.34. The molecule has 3 aromatic rings. The molecule has 0 radical (unpaired) electrons. The van der Waals surface area contributed by atoms with Gasteiger partial charge in [-0.3, -0.25) is 10.2 Å². The first-order valence-electron chi connectivity index (χ1n) is 9.41. The monoisotopic (exact) mass is 449 g/mol. The van der Waals surface area contributed by atoms with Gasteiger partial charge in [-0.25, -0.2) is 0 Å². The zero-order valence-corrected chi connectivity index (χ0v) is 18.2. The van der Waals surface area contributed by atoms with Gasteiger partial charge in [0.15, 0.2) is 16.6 Å². The Balaban J connectivity index is 1.53. The second-order valence-corrected chi connectivity index (χ2v) is 8.44. The van der Waals surface area contributed by atoms with Gasteiger partial charge in [0.25, 0.3) is 5.91 Å². The van der Waals surface area contributed by atoms with Crippen LogP contribution in [0.3, 0.4) is 0 Å². The number of carbonyl (C=O) groups excluding carboxylic acids is 1. The molecule has 1 amide bonds. The van der Waals surface area contributed by atoms with E-state index < -0.39 is 5.91 Å². The number of halogens is 1. The highest BCUT2D eigenvalue weighted by Crippen LogP contribution is 2.32. The van der Waals surface area contributed by atoms with E-state index in [1.54, 1.807) is 24.5 Å². The summed E-state index contributed by atoms with van der Waals surface area (Å²) in [5.74, 6) is 0.0850. The summed E-state index contributed by atoms with van der Waals surface area (Å²) in [4.78, 5) is 16.9. The van der Waals surface area contributed by atoms with Crippen LogP contribution in [0.1, 0.15) is 22.7 Å². The molecule has 7 nitrogen and oxygen atoms in total. The number of benzene rings is 1. The number of amides is 1. The Kier molecular flexibility index (Phi) is 4.68. The molecule has 1 aromatic carbocycles. The van der Waals surface area contributed by atoms with Crippen molar-refractivity contribution >= 4 is 51.4 Å². The molecule has 0 saturated carbocycles. The minimum atomic E-state index is -0.466. The van der Waals surface area contributed by atoms with Crippen molar-refractivity contribution in [2.45, 2.75) is 13.8 Å². The van der Waals surface area contributed by atoms with Crippen LogP contribution in [0, 0.1) is 19.3 Å². The third-order valence-electron chi connectivity index (χ3n) is 5.02. The highest BCUT2D eigenvalue weighted by atomic mass is 35.5. The van der Waals surface area contributed by atoms with Crippen LogP contribution in [0.5, 0.6) is 0 Å². The van der Waals surface area contributed by atoms with Crippen LogP contribution in [0.15, 0.2) is 68.8 Å². The minimum Gasteiger partial charge on any atom is -0.462 e. The maximum absolute atomic E-state index is 12.7. The standard InChI is InChI=1S/C22H16ClN5O2S/c1-12-9-14(13(2)27(12)16-6-3-5-15(23)11-16)10-17-19(24)28-22(25-20(17)29)31-21(26-28)18-7-4-8-30-18/h3-11,24H,1-2H3/b17-10-,24-19?. The smallest absolute Gasteiger partial charge is 0.283 e. The molecule has 4 heterocycles. The topological polar surface area (TPSA) is 87.0 Å². The lowest BCUT2D eigenvalue weighted by Gasteiger charge is -2.20. The lowest BCUT2D eigenvalue weighted by Crippen LogP contribution is -2.35. The van der Waals surface area contributed by atoms with E-state index >= 15 is 0 Å². The Hall–Kier alpha value is -3.36. The van der Waals surface area contributed by atoms with Crippen LogP contribution in [0.4, 0.5) is 0 Å². The number of fused-ring (bicyclic) bond motifs is 1. The molecule has 9 heteroatoms. The van der Waals surface area contributed by atoms with Crippen LogP contribution < -0.4 is 0 Å². The largest absolute Gasteiger partial charge is 0.462 e. The molecular weight excluding hydrogens is 434 g/mol. The molecule has 0 spiro atoms. The first kappa shape index (κ1) is 19.6. The number of aromatic nitrogens is 1. The zero-order chi connectivity index (χ0) is 21.7. The van der Waals surface area contributed by atoms with Crippen molar-refractivity contribution in [3.8, 4) is 5.69 Å². The van der Waals surface area contributed by atoms with Gasteiger partial charge in [0.05, 0.1) is 11.8 Å². The van der Waals surface area contributed by atoms with Crippen molar-refractivity contribution in [2.75, 3.05) is 0 Å². The number of nitrogens with one attached hydrogen (secondary N) is 1. The van der Waals surface area contributed by atoms with Crippen molar-refractivity contribution in [3.05, 3.63) is 82.0 Å². The molecule has 2 aliphatic rings. The summed E-state index contributed by atoms with van der Waals surface area (Å²) in [5, 5.41) is 15.9. The normalized spacial score (nSPS) is 17.3. The highest BCUT2D eigenvalue weighted by Gasteiger charge is 2.36. The molecule has 2 aliphatic heterocycles. The van der Waals surface area contributed by atoms with Gasteiger partial charge in [-0.15, -0.1) is 0 Å². The number of amidine groups is 2. The summed E-state index contributed by atoms with van der Waals surface area (Å²) in [5.41, 5.74) is 3.85. The number of furan rings is 1. The van der Waals surface area contributed by atoms with Gasteiger partial charge in [0.2, 0.25) is 5.17 Å². The zero-order valence-electron chi connectivity index (χ0n) is 16.6. The van der Waals surface area contributed by atoms with Gasteiger partial charge < -0.3 is 8.98 Å². The fraction of sp³-hybridized carbons (Fsp3) is 0.0909. The first-order chi connectivity index (χ1) is 14.9. The minimum absolute atomic E-state index is 0.0170. The molecule has 0 fully saturated rings. The first-order valence-corrected chi connectivity index (χ1v) is 10.6. The number of hydrogen-bond donors (Lipinski definition) is 1. The van der Waals surface area contributed by atoms with E-state index in [0.717, 1.165) is 22.6 Å². The van der Waals surface area contributed by atoms with Crippen molar-refractivity contribution in [2.24, 2.45) is 10.1 Å². The fourth-order valence-corrected chi connectivity index (χ4v) is 4.64. The van der Waals surface area contributed by atoms with Gasteiger partial charge in [0, 0.05) is 22.1 Å². The number of aryl methyl sites for hydroxylation is 1. The van der Waals surface area contributed by atoms with Crippen LogP contribution >= 0.6 is 23.4 Å². The maximum Gasteiger partial charge on any atom is 0.283 e. The highest BCUT2D eigenvalue weighted by molar-refractivity contribution is 8.27. The number of rotatable bonds is 3. The van der Waals surface area contributed by atoms with Crippen molar-refractivity contribution in [1.82, 2.24) is 9.58 Å². The average Bonchev–Trinajstić information content (AvgIpc) is 3.45. The molecule has 1 N–H and O–H groups in total. The third-order valence-corrected chi connectivity index (χ3v) is 6.18. The molecule has 5 rings (SSSR count). The maximum atomic E-state index is 12.7. The second-order valence-electron chi connectivity index (χ2n) is 7.04. The van der Waals surface area contributed by atoms with Crippen LogP contribution in [-0.2, 0) is 4.79 Å². The van der Waals surface area contributed by atoms with Gasteiger partial charge in [-0.1, -0.05) is 17.7 Å². The van der Waals surface area contributed by atoms with E-state index in [1.165, 1.54) is 16.8 Å². The Bertz CT molecular complexity index is 1330. The van der Waals surface area contributed by atoms with E-state index in [4.69, 9.17) is 21.4 Å². The molecule has 0 saturated heterocycles. The number of carbonyl (C=O) groups is 1. The molecule has 0 aliphatic carbocycles. The number of hydrazone groups is 1. The lowest BCUT2D eigenvalue weighted by atomic mass is 10.1. The molecule has 0 bridgehead atoms. The molecule has 0 unspecified atom stereocenters. The number of hydrogen-bond acceptors (Lipinski definition) is 5. The SMILES string of the molecule is Cc1cc(/C=C2/C(=N)N3N=C(c4ccco4)SC3=NC2=O)c(C)n1-c1cccc(Cl)c1. The fourth-order valence-electron chi connectivity index (χ4n) is 3.59. The summed E-state index contributed by atoms with van der Waals surface area (Å²) in [6.45, 7) is 3.95. The Morgan fingerprint density at radius 3 is 2.77 bits per heavy atom. The van der Waals surface area contributed by atoms with Gasteiger partial charge in [-0.2, -0.15) is 15.1 Å². The lowest BCUT2D eigenvalue weighted by molar-refractivity contribution is -0.114. The average molecular weight is 450 g/mol. The number of thioether (sulfide) groups is 1. The summed E-state index contributed by atoms with van der Waals surface area (Å²) in [6, 6.07) is 13.1. The summed E-state index contributed by atoms with van der Waals surface area (Å²) >= 11 is 7.36. The molecule has 154 valence electrons. The summed E-state index contributed by atoms with van der Waals surface area (Å²) in [7, 11) is 0. The summed E-state index contributed by atoms with van der Waals surface area (Å²) in [6.07, 6.45) is 3.24. The number of nitrogens with zero attached hydrogens (tertiary/aromatic N) is 4. The van der Waals surface area contributed by atoms with Crippen molar-refractivity contribution in [3.63, 3.8) is 0 Å². The van der Waals surface area contributed by atoms with E-state index in [9.17, 15) is 4.79 Å². The van der Waals surface area contributed by atoms with E-state index in [1.807, 2.05) is 44.2 Å². The molecule has 2 aromatic heterocycles. The van der Waals surface area contributed by atoms with Crippen molar-refractivity contribution < 1.29 is 9.21 Å². The van der Waals surface area contributed by atoms with E-state index in [-0.39, 0.29) is 11.4 Å². The summed E-state index contributed by atoms with van der Waals surface area (Å²) < 4.78 is 7.43. The van der Waals surface area contributed by atoms with Crippen LogP contribution in [0.25, 0.3) is 11.8 Å². The predicted octanol–water partition coefficient (Wildman–Crippen LogP) is 5.01. The molecule has 0 atom stereocenters. The van der Waals surface area contributed by atoms with Crippen LogP contribution in [-0.4, -0.2) is 31.5 Å². The van der Waals surface area contributed by atoms with Gasteiger partial charge in [0.1, 0.15) is 0 Å². The Morgan fingerprint density at radius 2 is 2.03 bits per heavy atom. The predicted molar refractivity (Wildman–Crippen MR) is 123 cm³/mol. The number of aliphatic imine (C=N–C) groups is 1. The van der Waals surface area contributed by atoms with Crippen LogP contribution in [0.2, 0.25) is 5.02 Å². The quantitative estimate of drug-likeness (QED) is 0.569. The van der Waals surface area contributed by atoms with E-state index in [0.29, 0.717) is 21.0 Å². The van der Waals surface area contributed by atoms with Gasteiger partial charge in [-0.05, 0) is 73.6 Å². The van der Waals surface area contributed by atoms with Crippen molar-refractivity contribution in [1.29, 1.82) is 5.41 Å². The Morgan fingerprint density at radius 1 is 1.19 bits per heavy atom. The second kappa shape index (κ2) is 7.40. The van der Waals surface area contributed by atoms with Gasteiger partial charge >= 0.3 is 0 Å². The molecular formula is C22H16ClN5O2S. The van der Waals surface area contributed by atoms with E-state index in [2.05, 4.69) is 14.7 Å². The Labute approximate surface area is 187 Å².